The first-order valence-electron chi connectivity index (χ1n) is 2.19. The Bertz CT molecular complexity index is 119. The van der Waals surface area contributed by atoms with Crippen LogP contribution in [0.25, 0.3) is 0 Å². The van der Waals surface area contributed by atoms with Crippen LogP contribution in [0.5, 0.6) is 0 Å². The Labute approximate surface area is 94.8 Å². The molecule has 0 bridgehead atoms. The van der Waals surface area contributed by atoms with Gasteiger partial charge < -0.3 is 0 Å². The monoisotopic (exact) mass is 278 g/mol. The number of hydrogen-bond donors (Lipinski definition) is 0. The molecule has 0 radical (unpaired) electrons. The summed E-state index contributed by atoms with van der Waals surface area (Å²) in [5, 5.41) is 0. The second-order valence-corrected chi connectivity index (χ2v) is 4.27. The van der Waals surface area contributed by atoms with Crippen molar-refractivity contribution < 1.29 is 24.7 Å². The summed E-state index contributed by atoms with van der Waals surface area (Å²) in [5.41, 5.74) is 0. The van der Waals surface area contributed by atoms with Crippen molar-refractivity contribution in [2.45, 2.75) is 10.2 Å². The molecular weight excluding hydrogens is 272 g/mol. The van der Waals surface area contributed by atoms with E-state index in [-0.39, 0.29) is 40.5 Å². The van der Waals surface area contributed by atoms with Crippen LogP contribution in [0, 0.1) is 0 Å². The number of halogens is 3. The third kappa shape index (κ3) is 5.91. The molecule has 0 aromatic rings. The number of hydrogen-bond acceptors (Lipinski definition) is 1. The molecular formula is C5H9Cl3NZr. The fraction of sp³-hybridized carbons (Fsp3) is 0.400. The Balaban J connectivity index is -0.000000163. The van der Waals surface area contributed by atoms with Gasteiger partial charge in [0.25, 0.3) is 0 Å². The summed E-state index contributed by atoms with van der Waals surface area (Å²) in [4.78, 5) is 4.17. The van der Waals surface area contributed by atoms with Crippen LogP contribution in [0.1, 0.15) is 6.92 Å². The third-order valence-electron chi connectivity index (χ3n) is 0.850. The molecule has 0 fully saturated rings. The van der Waals surface area contributed by atoms with E-state index in [2.05, 4.69) is 18.0 Å². The molecule has 0 aromatic heterocycles. The van der Waals surface area contributed by atoms with Crippen LogP contribution in [-0.4, -0.2) is 9.46 Å². The van der Waals surface area contributed by atoms with Gasteiger partial charge in [-0.15, -0.1) is 37.2 Å². The summed E-state index contributed by atoms with van der Waals surface area (Å²) in [6, 6.07) is 0. The molecule has 0 aliphatic carbocycles. The Morgan fingerprint density at radius 2 is 1.80 bits per heavy atom. The van der Waals surface area contributed by atoms with E-state index in [9.17, 15) is 0 Å². The van der Waals surface area contributed by atoms with Crippen molar-refractivity contribution >= 4 is 43.4 Å². The fourth-order valence-corrected chi connectivity index (χ4v) is 0.891. The van der Waals surface area contributed by atoms with E-state index < -0.39 is 0 Å². The van der Waals surface area contributed by atoms with Gasteiger partial charge in [0.2, 0.25) is 0 Å². The molecule has 1 rings (SSSR count). The van der Waals surface area contributed by atoms with Crippen molar-refractivity contribution in [3.8, 4) is 0 Å². The van der Waals surface area contributed by atoms with Gasteiger partial charge in [-0.2, -0.15) is 0 Å². The molecule has 1 nitrogen and oxygen atoms in total. The van der Waals surface area contributed by atoms with E-state index in [0.29, 0.717) is 0 Å². The topological polar surface area (TPSA) is 12.4 Å². The van der Waals surface area contributed by atoms with Crippen LogP contribution in [-0.2, 0) is 24.7 Å². The number of rotatable bonds is 0. The van der Waals surface area contributed by atoms with Crippen molar-refractivity contribution in [1.82, 2.24) is 0 Å². The molecule has 1 aliphatic rings. The van der Waals surface area contributed by atoms with Gasteiger partial charge in [-0.3, -0.25) is 0 Å². The molecule has 0 saturated heterocycles. The Morgan fingerprint density at radius 3 is 1.90 bits per heavy atom. The maximum absolute atomic E-state index is 4.17. The van der Waals surface area contributed by atoms with Crippen molar-refractivity contribution in [3.63, 3.8) is 0 Å². The van der Waals surface area contributed by atoms with Crippen LogP contribution in [0.4, 0.5) is 0 Å². The number of aliphatic imine (C=N–C) groups is 1. The first-order valence-corrected chi connectivity index (χ1v) is 3.42. The summed E-state index contributed by atoms with van der Waals surface area (Å²) < 4.78 is 0.173. The molecule has 0 saturated carbocycles. The normalized spacial score (nSPS) is 26.0. The molecule has 0 aromatic carbocycles. The Kier molecular flexibility index (Phi) is 11.8. The van der Waals surface area contributed by atoms with E-state index in [0.717, 1.165) is 0 Å². The van der Waals surface area contributed by atoms with Crippen LogP contribution in [0.15, 0.2) is 17.1 Å². The smallest absolute Gasteiger partial charge is 0.147 e. The van der Waals surface area contributed by atoms with E-state index in [1.54, 1.807) is 0 Å². The first-order chi connectivity index (χ1) is 3.21. The molecule has 59 valence electrons. The summed E-state index contributed by atoms with van der Waals surface area (Å²) in [6.45, 7) is 2.12. The van der Waals surface area contributed by atoms with Crippen molar-refractivity contribution in [3.05, 3.63) is 12.2 Å². The van der Waals surface area contributed by atoms with Gasteiger partial charge in [-0.1, -0.05) is 0 Å². The molecule has 0 spiro atoms. The van der Waals surface area contributed by atoms with Crippen LogP contribution in [0.2, 0.25) is 0 Å². The quantitative estimate of drug-likeness (QED) is 0.645. The third-order valence-corrected chi connectivity index (χ3v) is 1.58. The SMILES string of the molecule is C[C]1([Zr])C=CC=N1.Cl.Cl.Cl. The summed E-state index contributed by atoms with van der Waals surface area (Å²) in [6.07, 6.45) is 5.97. The zero-order chi connectivity index (χ0) is 5.33. The van der Waals surface area contributed by atoms with Crippen molar-refractivity contribution in [2.75, 3.05) is 0 Å². The van der Waals surface area contributed by atoms with Gasteiger partial charge in [0.15, 0.2) is 0 Å². The zero-order valence-electron chi connectivity index (χ0n) is 5.40. The second kappa shape index (κ2) is 6.85. The number of nitrogens with zero attached hydrogens (tertiary/aromatic N) is 1. The van der Waals surface area contributed by atoms with Crippen LogP contribution < -0.4 is 0 Å². The zero-order valence-corrected chi connectivity index (χ0v) is 10.3. The van der Waals surface area contributed by atoms with Crippen LogP contribution in [0.3, 0.4) is 0 Å². The fourth-order valence-electron chi connectivity index (χ4n) is 0.471. The molecule has 1 atom stereocenters. The van der Waals surface area contributed by atoms with Crippen LogP contribution >= 0.6 is 37.2 Å². The summed E-state index contributed by atoms with van der Waals surface area (Å²) >= 11 is 1.46. The minimum absolute atomic E-state index is 0. The minimum Gasteiger partial charge on any atom is -0.147 e. The molecule has 10 heavy (non-hydrogen) atoms. The molecule has 1 heterocycles. The van der Waals surface area contributed by atoms with Gasteiger partial charge in [0, 0.05) is 0 Å². The largest absolute Gasteiger partial charge is 0.147 e. The van der Waals surface area contributed by atoms with E-state index >= 15 is 0 Å². The molecule has 5 heteroatoms. The van der Waals surface area contributed by atoms with Gasteiger partial charge in [0.05, 0.1) is 0 Å². The van der Waals surface area contributed by atoms with Gasteiger partial charge in [-0.25, -0.2) is 0 Å². The molecule has 0 N–H and O–H groups in total. The average molecular weight is 281 g/mol. The van der Waals surface area contributed by atoms with Crippen molar-refractivity contribution in [2.24, 2.45) is 4.99 Å². The molecule has 1 unspecified atom stereocenters. The van der Waals surface area contributed by atoms with Gasteiger partial charge >= 0.3 is 58.2 Å². The maximum atomic E-state index is 4.17. The van der Waals surface area contributed by atoms with E-state index in [1.165, 1.54) is 24.7 Å². The summed E-state index contributed by atoms with van der Waals surface area (Å²) in [5.74, 6) is 0. The van der Waals surface area contributed by atoms with E-state index in [1.807, 2.05) is 12.3 Å². The van der Waals surface area contributed by atoms with E-state index in [4.69, 9.17) is 0 Å². The minimum atomic E-state index is 0. The Hall–Kier alpha value is 1.16. The van der Waals surface area contributed by atoms with Gasteiger partial charge in [-0.05, 0) is 0 Å². The standard InChI is InChI=1S/C5H6N.3ClH.Zr/c1-5-3-2-4-6-5;;;;/h2-4H,1H3;3*1H;. The first kappa shape index (κ1) is 17.3. The molecule has 1 aliphatic heterocycles. The molecule has 0 amide bonds. The predicted molar refractivity (Wildman–Crippen MR) is 47.8 cm³/mol. The number of allylic oxidation sites excluding steroid dienone is 1. The summed E-state index contributed by atoms with van der Waals surface area (Å²) in [7, 11) is 0. The predicted octanol–water partition coefficient (Wildman–Crippen LogP) is 2.16. The maximum Gasteiger partial charge on any atom is -0.147 e. The Morgan fingerprint density at radius 1 is 1.30 bits per heavy atom. The average Bonchev–Trinajstić information content (AvgIpc) is 1.84. The second-order valence-electron chi connectivity index (χ2n) is 1.78. The van der Waals surface area contributed by atoms with Gasteiger partial charge in [0.1, 0.15) is 0 Å². The van der Waals surface area contributed by atoms with Crippen molar-refractivity contribution in [1.29, 1.82) is 0 Å².